The molecule has 1 aromatic carbocycles. The van der Waals surface area contributed by atoms with Crippen LogP contribution in [0.5, 0.6) is 5.75 Å². The van der Waals surface area contributed by atoms with Crippen LogP contribution < -0.4 is 10.1 Å². The van der Waals surface area contributed by atoms with Crippen molar-refractivity contribution in [2.45, 2.75) is 6.10 Å². The number of hydrogen-bond donors (Lipinski definition) is 2. The molecule has 112 valence electrons. The minimum absolute atomic E-state index is 0.0794. The van der Waals surface area contributed by atoms with Gasteiger partial charge in [0.1, 0.15) is 24.7 Å². The van der Waals surface area contributed by atoms with Crippen molar-refractivity contribution in [3.8, 4) is 5.75 Å². The summed E-state index contributed by atoms with van der Waals surface area (Å²) in [6.45, 7) is -0.278. The summed E-state index contributed by atoms with van der Waals surface area (Å²) in [6.07, 6.45) is 0.228. The lowest BCUT2D eigenvalue weighted by molar-refractivity contribution is 0.0836. The molecular weight excluding hydrogens is 286 g/mol. The summed E-state index contributed by atoms with van der Waals surface area (Å²) in [4.78, 5) is 11.5. The van der Waals surface area contributed by atoms with Gasteiger partial charge in [0.25, 0.3) is 5.91 Å². The number of carbonyl (C=O) groups is 1. The third-order valence-corrected chi connectivity index (χ3v) is 2.50. The van der Waals surface area contributed by atoms with Crippen molar-refractivity contribution in [1.82, 2.24) is 10.5 Å². The molecule has 21 heavy (non-hydrogen) atoms. The Balaban J connectivity index is 1.75. The van der Waals surface area contributed by atoms with Crippen LogP contribution in [0, 0.1) is 11.6 Å². The highest BCUT2D eigenvalue weighted by atomic mass is 19.2. The summed E-state index contributed by atoms with van der Waals surface area (Å²) < 4.78 is 35.2. The van der Waals surface area contributed by atoms with Gasteiger partial charge < -0.3 is 19.7 Å². The minimum atomic E-state index is -1.04. The van der Waals surface area contributed by atoms with E-state index in [-0.39, 0.29) is 24.6 Å². The zero-order valence-electron chi connectivity index (χ0n) is 10.8. The molecule has 2 rings (SSSR count). The largest absolute Gasteiger partial charge is 0.491 e. The molecule has 0 spiro atoms. The number of carbonyl (C=O) groups excluding carboxylic acids is 1. The SMILES string of the molecule is O=C(NCC(O)COc1ccc(F)c(F)c1)c1ccon1. The molecule has 1 atom stereocenters. The number of aliphatic hydroxyl groups is 1. The molecule has 0 saturated heterocycles. The lowest BCUT2D eigenvalue weighted by Crippen LogP contribution is -2.35. The second-order valence-corrected chi connectivity index (χ2v) is 4.14. The van der Waals surface area contributed by atoms with Gasteiger partial charge in [-0.05, 0) is 12.1 Å². The molecule has 1 amide bonds. The fourth-order valence-corrected chi connectivity index (χ4v) is 1.45. The summed E-state index contributed by atoms with van der Waals surface area (Å²) in [5.41, 5.74) is 0.0868. The molecule has 6 nitrogen and oxygen atoms in total. The van der Waals surface area contributed by atoms with E-state index in [2.05, 4.69) is 15.0 Å². The van der Waals surface area contributed by atoms with Crippen LogP contribution in [0.2, 0.25) is 0 Å². The number of aliphatic hydroxyl groups excluding tert-OH is 1. The van der Waals surface area contributed by atoms with Gasteiger partial charge in [0, 0.05) is 18.7 Å². The van der Waals surface area contributed by atoms with E-state index in [0.717, 1.165) is 12.1 Å². The normalized spacial score (nSPS) is 12.0. The predicted octanol–water partition coefficient (Wildman–Crippen LogP) is 1.12. The van der Waals surface area contributed by atoms with Gasteiger partial charge >= 0.3 is 0 Å². The Morgan fingerprint density at radius 3 is 2.86 bits per heavy atom. The summed E-state index contributed by atoms with van der Waals surface area (Å²) >= 11 is 0. The Hall–Kier alpha value is -2.48. The first-order chi connectivity index (χ1) is 10.1. The Kier molecular flexibility index (Phi) is 4.83. The molecule has 0 saturated carbocycles. The van der Waals surface area contributed by atoms with Crippen molar-refractivity contribution in [2.24, 2.45) is 0 Å². The zero-order chi connectivity index (χ0) is 15.2. The van der Waals surface area contributed by atoms with Crippen molar-refractivity contribution < 1.29 is 27.9 Å². The minimum Gasteiger partial charge on any atom is -0.491 e. The van der Waals surface area contributed by atoms with Crippen LogP contribution in [-0.2, 0) is 0 Å². The third-order valence-electron chi connectivity index (χ3n) is 2.50. The van der Waals surface area contributed by atoms with E-state index in [4.69, 9.17) is 4.74 Å². The Morgan fingerprint density at radius 1 is 1.38 bits per heavy atom. The van der Waals surface area contributed by atoms with Crippen LogP contribution in [0.3, 0.4) is 0 Å². The summed E-state index contributed by atoms with van der Waals surface area (Å²) in [6, 6.07) is 4.40. The van der Waals surface area contributed by atoms with E-state index in [1.54, 1.807) is 0 Å². The average molecular weight is 298 g/mol. The van der Waals surface area contributed by atoms with Crippen molar-refractivity contribution in [3.05, 3.63) is 47.9 Å². The van der Waals surface area contributed by atoms with E-state index in [1.165, 1.54) is 18.4 Å². The van der Waals surface area contributed by atoms with Crippen LogP contribution >= 0.6 is 0 Å². The van der Waals surface area contributed by atoms with Crippen molar-refractivity contribution in [3.63, 3.8) is 0 Å². The second kappa shape index (κ2) is 6.80. The van der Waals surface area contributed by atoms with E-state index in [9.17, 15) is 18.7 Å². The highest BCUT2D eigenvalue weighted by molar-refractivity contribution is 5.91. The highest BCUT2D eigenvalue weighted by Gasteiger charge is 2.12. The monoisotopic (exact) mass is 298 g/mol. The Bertz CT molecular complexity index is 604. The lowest BCUT2D eigenvalue weighted by atomic mass is 10.3. The number of hydrogen-bond acceptors (Lipinski definition) is 5. The van der Waals surface area contributed by atoms with Gasteiger partial charge in [-0.15, -0.1) is 0 Å². The van der Waals surface area contributed by atoms with E-state index in [1.807, 2.05) is 0 Å². The Morgan fingerprint density at radius 2 is 2.19 bits per heavy atom. The number of nitrogens with zero attached hydrogens (tertiary/aromatic N) is 1. The maximum atomic E-state index is 12.9. The lowest BCUT2D eigenvalue weighted by Gasteiger charge is -2.12. The van der Waals surface area contributed by atoms with Gasteiger partial charge in [0.05, 0.1) is 0 Å². The molecule has 1 unspecified atom stereocenters. The van der Waals surface area contributed by atoms with Gasteiger partial charge in [0.15, 0.2) is 17.3 Å². The summed E-state index contributed by atoms with van der Waals surface area (Å²) in [5, 5.41) is 15.5. The van der Waals surface area contributed by atoms with Crippen molar-refractivity contribution in [1.29, 1.82) is 0 Å². The summed E-state index contributed by atoms with van der Waals surface area (Å²) in [5.74, 6) is -2.45. The maximum Gasteiger partial charge on any atom is 0.273 e. The molecule has 0 bridgehead atoms. The summed E-state index contributed by atoms with van der Waals surface area (Å²) in [7, 11) is 0. The molecule has 8 heteroatoms. The molecule has 0 aliphatic rings. The molecule has 0 radical (unpaired) electrons. The van der Waals surface area contributed by atoms with Crippen molar-refractivity contribution >= 4 is 5.91 Å². The van der Waals surface area contributed by atoms with Gasteiger partial charge in [-0.1, -0.05) is 5.16 Å². The molecule has 1 heterocycles. The fraction of sp³-hybridized carbons (Fsp3) is 0.231. The molecule has 0 fully saturated rings. The number of amides is 1. The Labute approximate surface area is 118 Å². The standard InChI is InChI=1S/C13H12F2N2O4/c14-10-2-1-9(5-11(10)15)20-7-8(18)6-16-13(19)12-3-4-21-17-12/h1-5,8,18H,6-7H2,(H,16,19). The predicted molar refractivity (Wildman–Crippen MR) is 66.7 cm³/mol. The maximum absolute atomic E-state index is 12.9. The van der Waals surface area contributed by atoms with Crippen LogP contribution in [-0.4, -0.2) is 35.4 Å². The fourth-order valence-electron chi connectivity index (χ4n) is 1.45. The van der Waals surface area contributed by atoms with E-state index < -0.39 is 23.6 Å². The molecule has 2 aromatic rings. The number of rotatable bonds is 6. The van der Waals surface area contributed by atoms with E-state index in [0.29, 0.717) is 0 Å². The number of ether oxygens (including phenoxy) is 1. The van der Waals surface area contributed by atoms with Gasteiger partial charge in [0.2, 0.25) is 0 Å². The number of nitrogens with one attached hydrogen (secondary N) is 1. The second-order valence-electron chi connectivity index (χ2n) is 4.14. The first-order valence-electron chi connectivity index (χ1n) is 6.01. The zero-order valence-corrected chi connectivity index (χ0v) is 10.8. The molecule has 1 aromatic heterocycles. The third kappa shape index (κ3) is 4.25. The smallest absolute Gasteiger partial charge is 0.273 e. The molecular formula is C13H12F2N2O4. The average Bonchev–Trinajstić information content (AvgIpc) is 3.00. The first-order valence-corrected chi connectivity index (χ1v) is 6.01. The van der Waals surface area contributed by atoms with Gasteiger partial charge in [-0.25, -0.2) is 8.78 Å². The van der Waals surface area contributed by atoms with Crippen LogP contribution in [0.25, 0.3) is 0 Å². The molecule has 2 N–H and O–H groups in total. The van der Waals surface area contributed by atoms with Crippen LogP contribution in [0.15, 0.2) is 35.1 Å². The first kappa shape index (κ1) is 14.9. The topological polar surface area (TPSA) is 84.6 Å². The van der Waals surface area contributed by atoms with Crippen LogP contribution in [0.1, 0.15) is 10.5 Å². The molecule has 0 aliphatic heterocycles. The quantitative estimate of drug-likeness (QED) is 0.835. The van der Waals surface area contributed by atoms with Crippen LogP contribution in [0.4, 0.5) is 8.78 Å². The van der Waals surface area contributed by atoms with Crippen molar-refractivity contribution in [2.75, 3.05) is 13.2 Å². The number of halogens is 2. The van der Waals surface area contributed by atoms with Gasteiger partial charge in [-0.2, -0.15) is 0 Å². The number of aromatic nitrogens is 1. The van der Waals surface area contributed by atoms with Gasteiger partial charge in [-0.3, -0.25) is 4.79 Å². The van der Waals surface area contributed by atoms with E-state index >= 15 is 0 Å². The highest BCUT2D eigenvalue weighted by Crippen LogP contribution is 2.15. The molecule has 0 aliphatic carbocycles. The number of benzene rings is 1.